The van der Waals surface area contributed by atoms with E-state index in [-0.39, 0.29) is 6.04 Å². The summed E-state index contributed by atoms with van der Waals surface area (Å²) in [6.45, 7) is 0.482. The first kappa shape index (κ1) is 14.0. The molecular weight excluding hydrogens is 233 g/mol. The van der Waals surface area contributed by atoms with Crippen LogP contribution in [-0.4, -0.2) is 48.6 Å². The van der Waals surface area contributed by atoms with Gasteiger partial charge in [-0.15, -0.1) is 0 Å². The van der Waals surface area contributed by atoms with Gasteiger partial charge in [0.1, 0.15) is 0 Å². The third-order valence-corrected chi connectivity index (χ3v) is 2.76. The summed E-state index contributed by atoms with van der Waals surface area (Å²) in [4.78, 5) is 14.9. The van der Waals surface area contributed by atoms with Gasteiger partial charge in [0.15, 0.2) is 0 Å². The molecule has 0 aromatic carbocycles. The Balaban J connectivity index is 2.43. The lowest BCUT2D eigenvalue weighted by molar-refractivity contribution is -0.147. The predicted molar refractivity (Wildman–Crippen MR) is 58.2 cm³/mol. The molecule has 1 unspecified atom stereocenters. The van der Waals surface area contributed by atoms with E-state index >= 15 is 0 Å². The standard InChI is InChI=1S/C11H17F3N2O/c1-15(2)9-4-7-16(8-5-9)10(17)3-6-11(12,13)14/h4,7,9H,3,5-6,8H2,1-2H3. The average Bonchev–Trinajstić information content (AvgIpc) is 2.25. The fourth-order valence-electron chi connectivity index (χ4n) is 1.68. The minimum atomic E-state index is -4.26. The summed E-state index contributed by atoms with van der Waals surface area (Å²) in [7, 11) is 3.85. The van der Waals surface area contributed by atoms with Gasteiger partial charge in [-0.25, -0.2) is 0 Å². The Labute approximate surface area is 98.9 Å². The van der Waals surface area contributed by atoms with Crippen LogP contribution >= 0.6 is 0 Å². The number of likely N-dealkylation sites (N-methyl/N-ethyl adjacent to an activating group) is 1. The lowest BCUT2D eigenvalue weighted by Crippen LogP contribution is -2.37. The molecule has 0 fully saturated rings. The number of nitrogens with zero attached hydrogens (tertiary/aromatic N) is 2. The first-order chi connectivity index (χ1) is 7.79. The summed E-state index contributed by atoms with van der Waals surface area (Å²) >= 11 is 0. The molecule has 1 aliphatic heterocycles. The minimum absolute atomic E-state index is 0.252. The first-order valence-corrected chi connectivity index (χ1v) is 5.50. The van der Waals surface area contributed by atoms with Gasteiger partial charge in [0, 0.05) is 25.2 Å². The highest BCUT2D eigenvalue weighted by Gasteiger charge is 2.29. The van der Waals surface area contributed by atoms with Gasteiger partial charge in [0.25, 0.3) is 0 Å². The van der Waals surface area contributed by atoms with E-state index in [2.05, 4.69) is 0 Å². The van der Waals surface area contributed by atoms with Crippen molar-refractivity contribution >= 4 is 5.91 Å². The van der Waals surface area contributed by atoms with Crippen molar-refractivity contribution in [2.45, 2.75) is 31.5 Å². The largest absolute Gasteiger partial charge is 0.389 e. The highest BCUT2D eigenvalue weighted by atomic mass is 19.4. The second-order valence-electron chi connectivity index (χ2n) is 4.36. The van der Waals surface area contributed by atoms with Crippen LogP contribution in [0.15, 0.2) is 12.3 Å². The Hall–Kier alpha value is -1.04. The minimum Gasteiger partial charge on any atom is -0.319 e. The first-order valence-electron chi connectivity index (χ1n) is 5.50. The Morgan fingerprint density at radius 1 is 1.47 bits per heavy atom. The highest BCUT2D eigenvalue weighted by molar-refractivity contribution is 5.77. The molecule has 3 nitrogen and oxygen atoms in total. The lowest BCUT2D eigenvalue weighted by atomic mass is 10.1. The Kier molecular flexibility index (Phi) is 4.56. The van der Waals surface area contributed by atoms with Gasteiger partial charge < -0.3 is 9.80 Å². The number of halogens is 3. The molecule has 17 heavy (non-hydrogen) atoms. The normalized spacial score (nSPS) is 21.1. The van der Waals surface area contributed by atoms with Crippen molar-refractivity contribution in [3.05, 3.63) is 12.3 Å². The Morgan fingerprint density at radius 2 is 2.12 bits per heavy atom. The van der Waals surface area contributed by atoms with Gasteiger partial charge in [-0.3, -0.25) is 4.79 Å². The van der Waals surface area contributed by atoms with Crippen molar-refractivity contribution in [1.29, 1.82) is 0 Å². The fraction of sp³-hybridized carbons (Fsp3) is 0.727. The maximum atomic E-state index is 12.0. The van der Waals surface area contributed by atoms with E-state index in [1.165, 1.54) is 4.90 Å². The summed E-state index contributed by atoms with van der Waals surface area (Å²) in [5.74, 6) is -0.462. The molecule has 98 valence electrons. The van der Waals surface area contributed by atoms with Crippen LogP contribution in [0, 0.1) is 0 Å². The van der Waals surface area contributed by atoms with E-state index < -0.39 is 24.9 Å². The van der Waals surface area contributed by atoms with Crippen molar-refractivity contribution < 1.29 is 18.0 Å². The van der Waals surface area contributed by atoms with Crippen molar-refractivity contribution in [3.63, 3.8) is 0 Å². The molecule has 6 heteroatoms. The van der Waals surface area contributed by atoms with Crippen LogP contribution in [0.25, 0.3) is 0 Å². The molecule has 0 spiro atoms. The highest BCUT2D eigenvalue weighted by Crippen LogP contribution is 2.22. The van der Waals surface area contributed by atoms with E-state index in [9.17, 15) is 18.0 Å². The SMILES string of the molecule is CN(C)C1C=CN(C(=O)CCC(F)(F)F)CC1. The van der Waals surface area contributed by atoms with Crippen LogP contribution in [0.1, 0.15) is 19.3 Å². The molecule has 1 atom stereocenters. The second-order valence-corrected chi connectivity index (χ2v) is 4.36. The summed E-state index contributed by atoms with van der Waals surface area (Å²) in [5.41, 5.74) is 0. The molecule has 0 aliphatic carbocycles. The zero-order valence-electron chi connectivity index (χ0n) is 10.00. The quantitative estimate of drug-likeness (QED) is 0.765. The molecule has 1 amide bonds. The molecule has 1 aliphatic rings. The molecule has 0 bridgehead atoms. The molecular formula is C11H17F3N2O. The molecule has 0 aromatic rings. The van der Waals surface area contributed by atoms with E-state index in [1.54, 1.807) is 6.20 Å². The maximum Gasteiger partial charge on any atom is 0.389 e. The van der Waals surface area contributed by atoms with Gasteiger partial charge in [0.05, 0.1) is 6.42 Å². The Bertz CT molecular complexity index is 300. The third-order valence-electron chi connectivity index (χ3n) is 2.76. The smallest absolute Gasteiger partial charge is 0.319 e. The molecule has 0 N–H and O–H groups in total. The monoisotopic (exact) mass is 250 g/mol. The van der Waals surface area contributed by atoms with Crippen LogP contribution in [0.2, 0.25) is 0 Å². The number of alkyl halides is 3. The zero-order valence-corrected chi connectivity index (χ0v) is 10.00. The summed E-state index contributed by atoms with van der Waals surface area (Å²) < 4.78 is 35.9. The van der Waals surface area contributed by atoms with Gasteiger partial charge in [-0.05, 0) is 20.5 Å². The van der Waals surface area contributed by atoms with E-state index in [4.69, 9.17) is 0 Å². The van der Waals surface area contributed by atoms with Gasteiger partial charge in [-0.1, -0.05) is 6.08 Å². The van der Waals surface area contributed by atoms with E-state index in [0.29, 0.717) is 6.54 Å². The number of hydrogen-bond donors (Lipinski definition) is 0. The van der Waals surface area contributed by atoms with Crippen LogP contribution in [0.3, 0.4) is 0 Å². The molecule has 0 saturated carbocycles. The van der Waals surface area contributed by atoms with Crippen LogP contribution in [0.4, 0.5) is 13.2 Å². The maximum absolute atomic E-state index is 12.0. The topological polar surface area (TPSA) is 23.6 Å². The van der Waals surface area contributed by atoms with Gasteiger partial charge in [-0.2, -0.15) is 13.2 Å². The number of hydrogen-bond acceptors (Lipinski definition) is 2. The average molecular weight is 250 g/mol. The molecule has 0 saturated heterocycles. The van der Waals surface area contributed by atoms with Crippen molar-refractivity contribution in [1.82, 2.24) is 9.80 Å². The lowest BCUT2D eigenvalue weighted by Gasteiger charge is -2.29. The summed E-state index contributed by atoms with van der Waals surface area (Å²) in [6.07, 6.45) is -1.60. The summed E-state index contributed by atoms with van der Waals surface area (Å²) in [5, 5.41) is 0. The van der Waals surface area contributed by atoms with Crippen molar-refractivity contribution in [3.8, 4) is 0 Å². The fourth-order valence-corrected chi connectivity index (χ4v) is 1.68. The molecule has 0 radical (unpaired) electrons. The number of rotatable bonds is 3. The third kappa shape index (κ3) is 4.77. The van der Waals surface area contributed by atoms with Crippen LogP contribution < -0.4 is 0 Å². The van der Waals surface area contributed by atoms with Crippen LogP contribution in [-0.2, 0) is 4.79 Å². The van der Waals surface area contributed by atoms with E-state index in [0.717, 1.165) is 6.42 Å². The van der Waals surface area contributed by atoms with Gasteiger partial charge >= 0.3 is 6.18 Å². The zero-order chi connectivity index (χ0) is 13.1. The predicted octanol–water partition coefficient (Wildman–Crippen LogP) is 2.01. The van der Waals surface area contributed by atoms with E-state index in [1.807, 2.05) is 25.1 Å². The summed E-state index contributed by atoms with van der Waals surface area (Å²) in [6, 6.07) is 0.252. The molecule has 1 rings (SSSR count). The van der Waals surface area contributed by atoms with Gasteiger partial charge in [0.2, 0.25) is 5.91 Å². The number of amides is 1. The second kappa shape index (κ2) is 5.53. The number of carbonyl (C=O) groups is 1. The molecule has 0 aromatic heterocycles. The Morgan fingerprint density at radius 3 is 2.53 bits per heavy atom. The number of carbonyl (C=O) groups excluding carboxylic acids is 1. The van der Waals surface area contributed by atoms with Crippen LogP contribution in [0.5, 0.6) is 0 Å². The van der Waals surface area contributed by atoms with Crippen molar-refractivity contribution in [2.24, 2.45) is 0 Å². The van der Waals surface area contributed by atoms with Crippen molar-refractivity contribution in [2.75, 3.05) is 20.6 Å². The molecule has 1 heterocycles.